The first kappa shape index (κ1) is 22.1. The number of nitrogens with one attached hydrogen (secondary N) is 1. The number of rotatable bonds is 8. The SMILES string of the molecule is CCc1ccc(C(COc2ccc(CC3(C)SC(=O)NC3O)cc2)OC(C)=O)nc1. The van der Waals surface area contributed by atoms with Gasteiger partial charge in [0.2, 0.25) is 0 Å². The third-order valence-electron chi connectivity index (χ3n) is 4.93. The fourth-order valence-corrected chi connectivity index (χ4v) is 4.19. The summed E-state index contributed by atoms with van der Waals surface area (Å²) in [7, 11) is 0. The molecule has 7 nitrogen and oxygen atoms in total. The molecule has 1 aromatic carbocycles. The highest BCUT2D eigenvalue weighted by Crippen LogP contribution is 2.37. The molecule has 1 fully saturated rings. The first-order chi connectivity index (χ1) is 14.3. The predicted octanol–water partition coefficient (Wildman–Crippen LogP) is 3.40. The van der Waals surface area contributed by atoms with E-state index in [-0.39, 0.29) is 11.8 Å². The monoisotopic (exact) mass is 430 g/mol. The highest BCUT2D eigenvalue weighted by atomic mass is 32.2. The summed E-state index contributed by atoms with van der Waals surface area (Å²) in [4.78, 5) is 27.4. The zero-order valence-electron chi connectivity index (χ0n) is 17.3. The number of pyridine rings is 1. The molecule has 1 aliphatic rings. The van der Waals surface area contributed by atoms with Crippen molar-refractivity contribution in [2.75, 3.05) is 6.61 Å². The van der Waals surface area contributed by atoms with Gasteiger partial charge in [0, 0.05) is 13.1 Å². The van der Waals surface area contributed by atoms with Crippen molar-refractivity contribution in [3.63, 3.8) is 0 Å². The second kappa shape index (κ2) is 9.49. The van der Waals surface area contributed by atoms with Crippen LogP contribution in [0, 0.1) is 0 Å². The number of benzene rings is 1. The predicted molar refractivity (Wildman–Crippen MR) is 114 cm³/mol. The molecule has 3 rings (SSSR count). The molecule has 0 spiro atoms. The number of esters is 1. The zero-order valence-corrected chi connectivity index (χ0v) is 18.1. The Balaban J connectivity index is 1.63. The van der Waals surface area contributed by atoms with Gasteiger partial charge in [-0.2, -0.15) is 0 Å². The Kier molecular flexibility index (Phi) is 6.99. The van der Waals surface area contributed by atoms with Crippen molar-refractivity contribution in [2.45, 2.75) is 50.7 Å². The summed E-state index contributed by atoms with van der Waals surface area (Å²) in [6.45, 7) is 5.40. The van der Waals surface area contributed by atoms with Crippen molar-refractivity contribution in [3.05, 3.63) is 59.4 Å². The van der Waals surface area contributed by atoms with Crippen molar-refractivity contribution in [2.24, 2.45) is 0 Å². The van der Waals surface area contributed by atoms with Gasteiger partial charge in [0.15, 0.2) is 6.10 Å². The topological polar surface area (TPSA) is 97.8 Å². The van der Waals surface area contributed by atoms with Gasteiger partial charge in [-0.15, -0.1) is 0 Å². The van der Waals surface area contributed by atoms with Crippen molar-refractivity contribution in [1.82, 2.24) is 10.3 Å². The Bertz CT molecular complexity index is 887. The summed E-state index contributed by atoms with van der Waals surface area (Å²) in [5.74, 6) is 0.226. The van der Waals surface area contributed by atoms with Crippen molar-refractivity contribution in [1.29, 1.82) is 0 Å². The second-order valence-electron chi connectivity index (χ2n) is 7.42. The standard InChI is InChI=1S/C22H26N2O5S/c1-4-15-7-10-18(23-12-15)19(29-14(2)25)13-28-17-8-5-16(6-9-17)11-22(3)20(26)24-21(27)30-22/h5-10,12,19-20,26H,4,11,13H2,1-3H3,(H,24,27). The van der Waals surface area contributed by atoms with E-state index < -0.39 is 23.0 Å². The number of aryl methyl sites for hydroxylation is 1. The van der Waals surface area contributed by atoms with Crippen molar-refractivity contribution >= 4 is 23.0 Å². The molecule has 0 radical (unpaired) electrons. The van der Waals surface area contributed by atoms with E-state index in [0.29, 0.717) is 17.9 Å². The van der Waals surface area contributed by atoms with E-state index in [1.54, 1.807) is 6.20 Å². The van der Waals surface area contributed by atoms with Crippen LogP contribution < -0.4 is 10.1 Å². The molecule has 160 valence electrons. The highest BCUT2D eigenvalue weighted by molar-refractivity contribution is 8.15. The van der Waals surface area contributed by atoms with Gasteiger partial charge in [0.1, 0.15) is 18.6 Å². The minimum absolute atomic E-state index is 0.141. The van der Waals surface area contributed by atoms with Crippen LogP contribution >= 0.6 is 11.8 Å². The average Bonchev–Trinajstić information content (AvgIpc) is 2.97. The van der Waals surface area contributed by atoms with E-state index in [4.69, 9.17) is 9.47 Å². The van der Waals surface area contributed by atoms with E-state index in [1.165, 1.54) is 6.92 Å². The molecule has 1 amide bonds. The van der Waals surface area contributed by atoms with E-state index in [2.05, 4.69) is 10.3 Å². The Morgan fingerprint density at radius 1 is 1.27 bits per heavy atom. The quantitative estimate of drug-likeness (QED) is 0.620. The van der Waals surface area contributed by atoms with Crippen molar-refractivity contribution in [3.8, 4) is 5.75 Å². The molecule has 0 saturated carbocycles. The number of nitrogens with zero attached hydrogens (tertiary/aromatic N) is 1. The van der Waals surface area contributed by atoms with Gasteiger partial charge < -0.3 is 19.9 Å². The minimum Gasteiger partial charge on any atom is -0.489 e. The van der Waals surface area contributed by atoms with Crippen LogP contribution in [0.2, 0.25) is 0 Å². The number of thioether (sulfide) groups is 1. The molecule has 2 heterocycles. The molecule has 3 atom stereocenters. The number of aromatic nitrogens is 1. The second-order valence-corrected chi connectivity index (χ2v) is 8.93. The van der Waals surface area contributed by atoms with Crippen LogP contribution in [-0.4, -0.2) is 38.9 Å². The lowest BCUT2D eigenvalue weighted by atomic mass is 9.98. The number of hydrogen-bond donors (Lipinski definition) is 2. The zero-order chi connectivity index (χ0) is 21.7. The lowest BCUT2D eigenvalue weighted by Crippen LogP contribution is -2.40. The number of ether oxygens (including phenoxy) is 2. The molecule has 2 aromatic rings. The maximum atomic E-state index is 11.5. The van der Waals surface area contributed by atoms with Crippen LogP contribution in [0.4, 0.5) is 4.79 Å². The maximum Gasteiger partial charge on any atom is 0.303 e. The Hall–Kier alpha value is -2.58. The van der Waals surface area contributed by atoms with E-state index in [0.717, 1.165) is 29.3 Å². The smallest absolute Gasteiger partial charge is 0.303 e. The van der Waals surface area contributed by atoms with Gasteiger partial charge in [-0.25, -0.2) is 0 Å². The molecule has 8 heteroatoms. The molecule has 2 N–H and O–H groups in total. The Morgan fingerprint density at radius 3 is 2.50 bits per heavy atom. The number of aliphatic hydroxyl groups is 1. The number of hydrogen-bond acceptors (Lipinski definition) is 7. The van der Waals surface area contributed by atoms with Crippen LogP contribution in [0.25, 0.3) is 0 Å². The summed E-state index contributed by atoms with van der Waals surface area (Å²) in [6, 6.07) is 11.2. The lowest BCUT2D eigenvalue weighted by molar-refractivity contribution is -0.148. The Labute approximate surface area is 180 Å². The van der Waals surface area contributed by atoms with Crippen LogP contribution in [-0.2, 0) is 22.4 Å². The van der Waals surface area contributed by atoms with E-state index >= 15 is 0 Å². The summed E-state index contributed by atoms with van der Waals surface area (Å²) < 4.78 is 10.6. The lowest BCUT2D eigenvalue weighted by Gasteiger charge is -2.25. The molecule has 0 bridgehead atoms. The summed E-state index contributed by atoms with van der Waals surface area (Å²) >= 11 is 1.11. The summed E-state index contributed by atoms with van der Waals surface area (Å²) in [5.41, 5.74) is 2.71. The normalized spacial score (nSPS) is 21.7. The third-order valence-corrected chi connectivity index (χ3v) is 6.07. The molecule has 1 aliphatic heterocycles. The largest absolute Gasteiger partial charge is 0.489 e. The fourth-order valence-electron chi connectivity index (χ4n) is 3.19. The molecule has 1 aromatic heterocycles. The average molecular weight is 431 g/mol. The van der Waals surface area contributed by atoms with Gasteiger partial charge >= 0.3 is 5.97 Å². The molecule has 3 unspecified atom stereocenters. The van der Waals surface area contributed by atoms with Crippen LogP contribution in [0.1, 0.15) is 43.7 Å². The number of aliphatic hydroxyl groups excluding tert-OH is 1. The van der Waals surface area contributed by atoms with Crippen LogP contribution in [0.3, 0.4) is 0 Å². The third kappa shape index (κ3) is 5.52. The fraction of sp³-hybridized carbons (Fsp3) is 0.409. The highest BCUT2D eigenvalue weighted by Gasteiger charge is 2.43. The first-order valence-corrected chi connectivity index (χ1v) is 10.6. The van der Waals surface area contributed by atoms with E-state index in [9.17, 15) is 14.7 Å². The van der Waals surface area contributed by atoms with Crippen LogP contribution in [0.15, 0.2) is 42.6 Å². The number of carbonyl (C=O) groups excluding carboxylic acids is 2. The van der Waals surface area contributed by atoms with Gasteiger partial charge in [-0.3, -0.25) is 14.6 Å². The van der Waals surface area contributed by atoms with Gasteiger partial charge in [0.25, 0.3) is 5.24 Å². The number of amides is 1. The minimum atomic E-state index is -0.887. The van der Waals surface area contributed by atoms with Crippen LogP contribution in [0.5, 0.6) is 5.75 Å². The molecular formula is C22H26N2O5S. The summed E-state index contributed by atoms with van der Waals surface area (Å²) in [5, 5.41) is 12.4. The molecule has 1 saturated heterocycles. The number of carbonyl (C=O) groups is 2. The Morgan fingerprint density at radius 2 is 1.97 bits per heavy atom. The van der Waals surface area contributed by atoms with E-state index in [1.807, 2.05) is 50.2 Å². The first-order valence-electron chi connectivity index (χ1n) is 9.80. The van der Waals surface area contributed by atoms with Gasteiger partial charge in [0.05, 0.1) is 10.4 Å². The molecule has 30 heavy (non-hydrogen) atoms. The molecular weight excluding hydrogens is 404 g/mol. The molecule has 0 aliphatic carbocycles. The summed E-state index contributed by atoms with van der Waals surface area (Å²) in [6.07, 6.45) is 1.70. The van der Waals surface area contributed by atoms with Crippen molar-refractivity contribution < 1.29 is 24.2 Å². The van der Waals surface area contributed by atoms with Gasteiger partial charge in [-0.05, 0) is 49.1 Å². The van der Waals surface area contributed by atoms with Gasteiger partial charge in [-0.1, -0.05) is 36.9 Å². The maximum absolute atomic E-state index is 11.5.